The van der Waals surface area contributed by atoms with E-state index in [1.807, 2.05) is 25.1 Å². The Morgan fingerprint density at radius 1 is 1.04 bits per heavy atom. The zero-order valence-electron chi connectivity index (χ0n) is 14.2. The van der Waals surface area contributed by atoms with Gasteiger partial charge < -0.3 is 15.1 Å². The van der Waals surface area contributed by atoms with Gasteiger partial charge in [-0.05, 0) is 48.3 Å². The lowest BCUT2D eigenvalue weighted by Gasteiger charge is -2.07. The number of amides is 2. The number of hydrogen-bond acceptors (Lipinski definition) is 6. The highest BCUT2D eigenvalue weighted by Gasteiger charge is 2.23. The zero-order valence-corrected chi connectivity index (χ0v) is 15.0. The third-order valence-corrected chi connectivity index (χ3v) is 4.41. The Kier molecular flexibility index (Phi) is 4.39. The summed E-state index contributed by atoms with van der Waals surface area (Å²) in [4.78, 5) is 25.2. The van der Waals surface area contributed by atoms with E-state index >= 15 is 0 Å². The van der Waals surface area contributed by atoms with Gasteiger partial charge in [-0.25, -0.2) is 0 Å². The number of fused-ring (bicyclic) bond motifs is 1. The van der Waals surface area contributed by atoms with Gasteiger partial charge in [0.05, 0.1) is 0 Å². The molecule has 27 heavy (non-hydrogen) atoms. The van der Waals surface area contributed by atoms with Gasteiger partial charge in [0.1, 0.15) is 11.3 Å². The second-order valence-electron chi connectivity index (χ2n) is 5.87. The lowest BCUT2D eigenvalue weighted by molar-refractivity contribution is 0.0999. The molecule has 8 heteroatoms. The van der Waals surface area contributed by atoms with Crippen LogP contribution >= 0.6 is 11.5 Å². The highest BCUT2D eigenvalue weighted by atomic mass is 32.1. The van der Waals surface area contributed by atoms with Crippen LogP contribution in [0.1, 0.15) is 26.6 Å². The fourth-order valence-electron chi connectivity index (χ4n) is 2.68. The number of carbonyl (C=O) groups excluding carboxylic acids is 2. The molecular weight excluding hydrogens is 364 g/mol. The van der Waals surface area contributed by atoms with E-state index in [9.17, 15) is 9.59 Å². The first-order valence-electron chi connectivity index (χ1n) is 8.10. The molecule has 2 heterocycles. The lowest BCUT2D eigenvalue weighted by Crippen LogP contribution is -2.17. The summed E-state index contributed by atoms with van der Waals surface area (Å²) in [5, 5.41) is 11.4. The van der Waals surface area contributed by atoms with Crippen LogP contribution in [0.2, 0.25) is 0 Å². The van der Waals surface area contributed by atoms with Crippen molar-refractivity contribution in [3.63, 3.8) is 0 Å². The van der Waals surface area contributed by atoms with Gasteiger partial charge in [0.25, 0.3) is 11.8 Å². The maximum atomic E-state index is 12.8. The molecule has 4 rings (SSSR count). The van der Waals surface area contributed by atoms with Crippen LogP contribution in [0.25, 0.3) is 11.0 Å². The summed E-state index contributed by atoms with van der Waals surface area (Å²) in [5.74, 6) is -0.891. The van der Waals surface area contributed by atoms with Crippen molar-refractivity contribution in [3.8, 4) is 0 Å². The highest BCUT2D eigenvalue weighted by molar-refractivity contribution is 7.03. The van der Waals surface area contributed by atoms with Crippen molar-refractivity contribution in [1.82, 2.24) is 9.59 Å². The molecule has 0 fully saturated rings. The number of furan rings is 1. The van der Waals surface area contributed by atoms with E-state index in [1.54, 1.807) is 30.3 Å². The van der Waals surface area contributed by atoms with E-state index in [-0.39, 0.29) is 11.5 Å². The van der Waals surface area contributed by atoms with Crippen LogP contribution in [0.3, 0.4) is 0 Å². The third-order valence-electron chi connectivity index (χ3n) is 3.91. The summed E-state index contributed by atoms with van der Waals surface area (Å²) in [6.45, 7) is 1.93. The smallest absolute Gasteiger partial charge is 0.293 e. The van der Waals surface area contributed by atoms with Crippen LogP contribution < -0.4 is 10.6 Å². The monoisotopic (exact) mass is 378 g/mol. The van der Waals surface area contributed by atoms with Crippen LogP contribution in [0, 0.1) is 6.92 Å². The number of benzene rings is 2. The molecule has 0 saturated carbocycles. The summed E-state index contributed by atoms with van der Waals surface area (Å²) < 4.78 is 9.41. The highest BCUT2D eigenvalue weighted by Crippen LogP contribution is 2.32. The Labute approximate surface area is 158 Å². The first-order chi connectivity index (χ1) is 13.1. The summed E-state index contributed by atoms with van der Waals surface area (Å²) in [6, 6.07) is 14.5. The van der Waals surface area contributed by atoms with Gasteiger partial charge in [0.15, 0.2) is 5.69 Å². The lowest BCUT2D eigenvalue weighted by atomic mass is 10.2. The van der Waals surface area contributed by atoms with E-state index in [2.05, 4.69) is 20.2 Å². The predicted molar refractivity (Wildman–Crippen MR) is 103 cm³/mol. The molecule has 0 spiro atoms. The Morgan fingerprint density at radius 2 is 1.89 bits per heavy atom. The molecule has 2 aromatic heterocycles. The molecule has 0 aliphatic heterocycles. The number of carbonyl (C=O) groups is 2. The standard InChI is InChI=1S/C19H14N4O3S/c1-11-5-4-6-12(9-11)20-19(25)17-16(13-7-2-3-8-15(13)26-17)21-18(24)14-10-27-23-22-14/h2-10H,1H3,(H,20,25)(H,21,24). The van der Waals surface area contributed by atoms with Gasteiger partial charge >= 0.3 is 0 Å². The van der Waals surface area contributed by atoms with Crippen molar-refractivity contribution < 1.29 is 14.0 Å². The molecule has 2 amide bonds. The van der Waals surface area contributed by atoms with E-state index in [4.69, 9.17) is 4.42 Å². The average Bonchev–Trinajstić information content (AvgIpc) is 3.30. The molecule has 0 saturated heterocycles. The van der Waals surface area contributed by atoms with Gasteiger partial charge in [-0.1, -0.05) is 28.8 Å². The van der Waals surface area contributed by atoms with E-state index in [0.29, 0.717) is 22.3 Å². The Bertz CT molecular complexity index is 1140. The first-order valence-corrected chi connectivity index (χ1v) is 8.93. The maximum Gasteiger partial charge on any atom is 0.293 e. The van der Waals surface area contributed by atoms with Gasteiger partial charge in [-0.3, -0.25) is 9.59 Å². The Hall–Kier alpha value is -3.52. The number of aryl methyl sites for hydroxylation is 1. The van der Waals surface area contributed by atoms with Crippen molar-refractivity contribution in [2.45, 2.75) is 6.92 Å². The molecule has 0 unspecified atom stereocenters. The molecule has 0 aliphatic carbocycles. The maximum absolute atomic E-state index is 12.8. The normalized spacial score (nSPS) is 10.7. The summed E-state index contributed by atoms with van der Waals surface area (Å²) in [7, 11) is 0. The zero-order chi connectivity index (χ0) is 18.8. The molecule has 7 nitrogen and oxygen atoms in total. The number of hydrogen-bond donors (Lipinski definition) is 2. The fraction of sp³-hybridized carbons (Fsp3) is 0.0526. The number of rotatable bonds is 4. The van der Waals surface area contributed by atoms with Crippen molar-refractivity contribution in [2.24, 2.45) is 0 Å². The predicted octanol–water partition coefficient (Wildman–Crippen LogP) is 4.10. The first kappa shape index (κ1) is 16.9. The van der Waals surface area contributed by atoms with Crippen LogP contribution in [0.5, 0.6) is 0 Å². The van der Waals surface area contributed by atoms with E-state index in [1.165, 1.54) is 5.38 Å². The van der Waals surface area contributed by atoms with Crippen molar-refractivity contribution in [3.05, 3.63) is 70.9 Å². The van der Waals surface area contributed by atoms with Crippen molar-refractivity contribution >= 4 is 45.7 Å². The second kappa shape index (κ2) is 7.00. The molecular formula is C19H14N4O3S. The molecule has 0 aliphatic rings. The molecule has 134 valence electrons. The molecule has 0 radical (unpaired) electrons. The minimum atomic E-state index is -0.458. The van der Waals surface area contributed by atoms with Crippen LogP contribution in [0.15, 0.2) is 58.3 Å². The summed E-state index contributed by atoms with van der Waals surface area (Å²) >= 11 is 1.07. The SMILES string of the molecule is Cc1cccc(NC(=O)c2oc3ccccc3c2NC(=O)c2csnn2)c1. The fourth-order valence-corrected chi connectivity index (χ4v) is 3.12. The summed E-state index contributed by atoms with van der Waals surface area (Å²) in [6.07, 6.45) is 0. The minimum absolute atomic E-state index is 0.0224. The van der Waals surface area contributed by atoms with E-state index in [0.717, 1.165) is 17.1 Å². The number of nitrogens with one attached hydrogen (secondary N) is 2. The molecule has 0 bridgehead atoms. The van der Waals surface area contributed by atoms with Gasteiger partial charge in [-0.2, -0.15) is 0 Å². The molecule has 2 aromatic carbocycles. The number of para-hydroxylation sites is 1. The van der Waals surface area contributed by atoms with Crippen LogP contribution in [-0.4, -0.2) is 21.4 Å². The van der Waals surface area contributed by atoms with Gasteiger partial charge in [0.2, 0.25) is 5.76 Å². The number of nitrogens with zero attached hydrogens (tertiary/aromatic N) is 2. The summed E-state index contributed by atoms with van der Waals surface area (Å²) in [5.41, 5.74) is 2.63. The van der Waals surface area contributed by atoms with E-state index < -0.39 is 11.8 Å². The quantitative estimate of drug-likeness (QED) is 0.557. The van der Waals surface area contributed by atoms with Crippen LogP contribution in [-0.2, 0) is 0 Å². The second-order valence-corrected chi connectivity index (χ2v) is 6.48. The van der Waals surface area contributed by atoms with Gasteiger partial charge in [-0.15, -0.1) is 5.10 Å². The largest absolute Gasteiger partial charge is 0.449 e. The Morgan fingerprint density at radius 3 is 2.67 bits per heavy atom. The molecule has 2 N–H and O–H groups in total. The minimum Gasteiger partial charge on any atom is -0.449 e. The number of aromatic nitrogens is 2. The third kappa shape index (κ3) is 3.42. The molecule has 0 atom stereocenters. The van der Waals surface area contributed by atoms with Crippen molar-refractivity contribution in [1.29, 1.82) is 0 Å². The Balaban J connectivity index is 1.71. The van der Waals surface area contributed by atoms with Crippen LogP contribution in [0.4, 0.5) is 11.4 Å². The average molecular weight is 378 g/mol. The van der Waals surface area contributed by atoms with Gasteiger partial charge in [0, 0.05) is 16.5 Å². The number of anilines is 2. The van der Waals surface area contributed by atoms with Crippen molar-refractivity contribution in [2.75, 3.05) is 10.6 Å². The molecule has 4 aromatic rings. The topological polar surface area (TPSA) is 97.1 Å².